The van der Waals surface area contributed by atoms with E-state index in [2.05, 4.69) is 11.9 Å². The quantitative estimate of drug-likeness (QED) is 0.716. The van der Waals surface area contributed by atoms with Crippen LogP contribution in [0.5, 0.6) is 0 Å². The van der Waals surface area contributed by atoms with Crippen LogP contribution in [0.3, 0.4) is 0 Å². The van der Waals surface area contributed by atoms with Crippen LogP contribution in [-0.4, -0.2) is 31.1 Å². The third-order valence-corrected chi connectivity index (χ3v) is 2.16. The van der Waals surface area contributed by atoms with Gasteiger partial charge in [0.15, 0.2) is 0 Å². The van der Waals surface area contributed by atoms with Crippen LogP contribution in [0, 0.1) is 0 Å². The van der Waals surface area contributed by atoms with Crippen LogP contribution < -0.4 is 5.32 Å². The molecule has 1 aliphatic heterocycles. The van der Waals surface area contributed by atoms with Crippen LogP contribution in [0.2, 0.25) is 0 Å². The van der Waals surface area contributed by atoms with Crippen molar-refractivity contribution in [2.45, 2.75) is 19.8 Å². The Labute approximate surface area is 98.5 Å². The summed E-state index contributed by atoms with van der Waals surface area (Å²) in [5, 5.41) is 2.59. The van der Waals surface area contributed by atoms with Crippen molar-refractivity contribution in [3.8, 4) is 0 Å². The molecule has 1 saturated heterocycles. The highest BCUT2D eigenvalue weighted by molar-refractivity contribution is 5.73. The van der Waals surface area contributed by atoms with E-state index >= 15 is 0 Å². The van der Waals surface area contributed by atoms with Gasteiger partial charge in [-0.2, -0.15) is 0 Å². The smallest absolute Gasteiger partial charge is 0.317 e. The van der Waals surface area contributed by atoms with Crippen molar-refractivity contribution in [1.29, 1.82) is 0 Å². The number of urea groups is 1. The number of allylic oxidation sites excluding steroid dienone is 5. The van der Waals surface area contributed by atoms with Gasteiger partial charge in [0.2, 0.25) is 0 Å². The summed E-state index contributed by atoms with van der Waals surface area (Å²) in [5.74, 6) is 0. The zero-order valence-corrected chi connectivity index (χ0v) is 10.3. The highest BCUT2D eigenvalue weighted by Gasteiger charge is 2.15. The van der Waals surface area contributed by atoms with E-state index in [4.69, 9.17) is 0 Å². The van der Waals surface area contributed by atoms with Crippen molar-refractivity contribution in [2.75, 3.05) is 20.1 Å². The van der Waals surface area contributed by atoms with Crippen molar-refractivity contribution in [2.24, 2.45) is 0 Å². The Morgan fingerprint density at radius 1 is 1.25 bits per heavy atom. The van der Waals surface area contributed by atoms with Crippen LogP contribution in [0.25, 0.3) is 0 Å². The molecule has 0 aromatic heterocycles. The van der Waals surface area contributed by atoms with E-state index in [9.17, 15) is 4.79 Å². The maximum Gasteiger partial charge on any atom is 0.317 e. The highest BCUT2D eigenvalue weighted by Crippen LogP contribution is 2.06. The summed E-state index contributed by atoms with van der Waals surface area (Å²) in [6.45, 7) is 7.35. The zero-order chi connectivity index (χ0) is 12.2. The normalized spacial score (nSPS) is 15.0. The first-order chi connectivity index (χ1) is 7.76. The fourth-order valence-corrected chi connectivity index (χ4v) is 1.33. The molecule has 2 amide bonds. The third kappa shape index (κ3) is 6.87. The molecule has 0 radical (unpaired) electrons. The Kier molecular flexibility index (Phi) is 9.08. The number of hydrogen-bond acceptors (Lipinski definition) is 1. The van der Waals surface area contributed by atoms with E-state index < -0.39 is 0 Å². The number of carbonyl (C=O) groups is 1. The van der Waals surface area contributed by atoms with Gasteiger partial charge in [0.25, 0.3) is 0 Å². The monoisotopic (exact) mass is 222 g/mol. The molecular formula is C13H22N2O. The molecule has 90 valence electrons. The van der Waals surface area contributed by atoms with E-state index in [1.54, 1.807) is 13.1 Å². The Morgan fingerprint density at radius 2 is 1.88 bits per heavy atom. The number of amides is 2. The van der Waals surface area contributed by atoms with Gasteiger partial charge in [0.05, 0.1) is 0 Å². The van der Waals surface area contributed by atoms with Gasteiger partial charge >= 0.3 is 6.03 Å². The summed E-state index contributed by atoms with van der Waals surface area (Å²) in [6.07, 6.45) is 11.8. The van der Waals surface area contributed by atoms with E-state index in [1.807, 2.05) is 36.1 Å². The van der Waals surface area contributed by atoms with E-state index in [0.717, 1.165) is 25.9 Å². The molecule has 0 spiro atoms. The SMILES string of the molecule is C=C/C=C\C=C/C.CNC(=O)N1CCCC1. The summed E-state index contributed by atoms with van der Waals surface area (Å²) >= 11 is 0. The highest BCUT2D eigenvalue weighted by atomic mass is 16.2. The number of hydrogen-bond donors (Lipinski definition) is 1. The van der Waals surface area contributed by atoms with Crippen LogP contribution in [0.15, 0.2) is 37.0 Å². The van der Waals surface area contributed by atoms with Crippen molar-refractivity contribution >= 4 is 6.03 Å². The lowest BCUT2D eigenvalue weighted by Gasteiger charge is -2.13. The summed E-state index contributed by atoms with van der Waals surface area (Å²) in [4.78, 5) is 12.7. The second kappa shape index (κ2) is 10.0. The minimum absolute atomic E-state index is 0.0625. The first-order valence-corrected chi connectivity index (χ1v) is 5.63. The Balaban J connectivity index is 0.000000293. The summed E-state index contributed by atoms with van der Waals surface area (Å²) < 4.78 is 0. The summed E-state index contributed by atoms with van der Waals surface area (Å²) in [5.41, 5.74) is 0. The second-order valence-corrected chi connectivity index (χ2v) is 3.40. The maximum absolute atomic E-state index is 10.8. The lowest BCUT2D eigenvalue weighted by molar-refractivity contribution is 0.211. The predicted molar refractivity (Wildman–Crippen MR) is 69.4 cm³/mol. The van der Waals surface area contributed by atoms with Gasteiger partial charge in [-0.05, 0) is 19.8 Å². The Hall–Kier alpha value is -1.51. The van der Waals surface area contributed by atoms with Gasteiger partial charge < -0.3 is 10.2 Å². The largest absolute Gasteiger partial charge is 0.341 e. The molecule has 0 unspecified atom stereocenters. The molecular weight excluding hydrogens is 200 g/mol. The Morgan fingerprint density at radius 3 is 2.31 bits per heavy atom. The fraction of sp³-hybridized carbons (Fsp3) is 0.462. The standard InChI is InChI=1S/C7H10.C6H12N2O/c1-3-5-7-6-4-2;1-7-6(9)8-4-2-3-5-8/h3-7H,1H2,2H3;2-5H2,1H3,(H,7,9)/b6-4-,7-5-;. The molecule has 1 N–H and O–H groups in total. The lowest BCUT2D eigenvalue weighted by atomic mass is 10.4. The number of nitrogens with one attached hydrogen (secondary N) is 1. The van der Waals surface area contributed by atoms with Gasteiger partial charge in [0, 0.05) is 20.1 Å². The third-order valence-electron chi connectivity index (χ3n) is 2.16. The fourth-order valence-electron chi connectivity index (χ4n) is 1.33. The molecule has 1 fully saturated rings. The minimum atomic E-state index is 0.0625. The van der Waals surface area contributed by atoms with Gasteiger partial charge in [-0.1, -0.05) is 37.0 Å². The molecule has 1 aliphatic rings. The molecule has 16 heavy (non-hydrogen) atoms. The molecule has 0 atom stereocenters. The number of likely N-dealkylation sites (tertiary alicyclic amines) is 1. The van der Waals surface area contributed by atoms with Gasteiger partial charge in [0.1, 0.15) is 0 Å². The van der Waals surface area contributed by atoms with Crippen molar-refractivity contribution in [3.63, 3.8) is 0 Å². The van der Waals surface area contributed by atoms with Crippen LogP contribution in [0.1, 0.15) is 19.8 Å². The second-order valence-electron chi connectivity index (χ2n) is 3.40. The predicted octanol–water partition coefficient (Wildman–Crippen LogP) is 2.73. The van der Waals surface area contributed by atoms with E-state index in [1.165, 1.54) is 0 Å². The molecule has 1 rings (SSSR count). The molecule has 0 saturated carbocycles. The van der Waals surface area contributed by atoms with E-state index in [-0.39, 0.29) is 6.03 Å². The first-order valence-electron chi connectivity index (χ1n) is 5.63. The van der Waals surface area contributed by atoms with E-state index in [0.29, 0.717) is 0 Å². The number of carbonyl (C=O) groups excluding carboxylic acids is 1. The molecule has 3 heteroatoms. The summed E-state index contributed by atoms with van der Waals surface area (Å²) in [6, 6.07) is 0.0625. The van der Waals surface area contributed by atoms with Crippen molar-refractivity contribution in [1.82, 2.24) is 10.2 Å². The van der Waals surface area contributed by atoms with Crippen LogP contribution in [0.4, 0.5) is 4.79 Å². The molecule has 0 aliphatic carbocycles. The molecule has 0 aromatic rings. The number of nitrogens with zero attached hydrogens (tertiary/aromatic N) is 1. The zero-order valence-electron chi connectivity index (χ0n) is 10.3. The van der Waals surface area contributed by atoms with Crippen LogP contribution >= 0.6 is 0 Å². The summed E-state index contributed by atoms with van der Waals surface area (Å²) in [7, 11) is 1.67. The first kappa shape index (κ1) is 14.5. The van der Waals surface area contributed by atoms with Gasteiger partial charge in [-0.25, -0.2) is 4.79 Å². The maximum atomic E-state index is 10.8. The number of rotatable bonds is 2. The van der Waals surface area contributed by atoms with Crippen molar-refractivity contribution < 1.29 is 4.79 Å². The molecule has 3 nitrogen and oxygen atoms in total. The molecule has 0 bridgehead atoms. The van der Waals surface area contributed by atoms with Gasteiger partial charge in [-0.15, -0.1) is 0 Å². The minimum Gasteiger partial charge on any atom is -0.341 e. The molecule has 1 heterocycles. The van der Waals surface area contributed by atoms with Crippen molar-refractivity contribution in [3.05, 3.63) is 37.0 Å². The molecule has 0 aromatic carbocycles. The average Bonchev–Trinajstić information content (AvgIpc) is 2.83. The lowest BCUT2D eigenvalue weighted by Crippen LogP contribution is -2.35. The van der Waals surface area contributed by atoms with Gasteiger partial charge in [-0.3, -0.25) is 0 Å². The average molecular weight is 222 g/mol. The Bertz CT molecular complexity index is 251. The topological polar surface area (TPSA) is 32.3 Å². The van der Waals surface area contributed by atoms with Crippen LogP contribution in [-0.2, 0) is 0 Å².